The van der Waals surface area contributed by atoms with Gasteiger partial charge in [-0.15, -0.1) is 0 Å². The minimum absolute atomic E-state index is 0.173. The van der Waals surface area contributed by atoms with E-state index >= 15 is 0 Å². The molecule has 0 aliphatic carbocycles. The first-order valence-electron chi connectivity index (χ1n) is 8.59. The first kappa shape index (κ1) is 19.4. The molecular weight excluding hydrogens is 342 g/mol. The van der Waals surface area contributed by atoms with Gasteiger partial charge >= 0.3 is 11.8 Å². The third-order valence-corrected chi connectivity index (χ3v) is 6.20. The SMILES string of the molecule is CCNC(=O)C(=O)NCC[C@H]1CCCCN1S(=O)(=O)c1ccccc1. The van der Waals surface area contributed by atoms with E-state index in [1.54, 1.807) is 37.3 Å². The van der Waals surface area contributed by atoms with Gasteiger partial charge in [0.25, 0.3) is 0 Å². The van der Waals surface area contributed by atoms with Crippen LogP contribution >= 0.6 is 0 Å². The average Bonchev–Trinajstić information content (AvgIpc) is 2.63. The molecule has 1 heterocycles. The highest BCUT2D eigenvalue weighted by molar-refractivity contribution is 7.89. The number of sulfonamides is 1. The van der Waals surface area contributed by atoms with E-state index in [0.717, 1.165) is 19.3 Å². The monoisotopic (exact) mass is 367 g/mol. The van der Waals surface area contributed by atoms with Crippen LogP contribution in [0, 0.1) is 0 Å². The summed E-state index contributed by atoms with van der Waals surface area (Å²) < 4.78 is 27.3. The minimum Gasteiger partial charge on any atom is -0.348 e. The third-order valence-electron chi connectivity index (χ3n) is 4.23. The molecule has 1 aromatic carbocycles. The molecule has 138 valence electrons. The van der Waals surface area contributed by atoms with Crippen molar-refractivity contribution in [3.63, 3.8) is 0 Å². The van der Waals surface area contributed by atoms with E-state index in [4.69, 9.17) is 0 Å². The Labute approximate surface area is 148 Å². The zero-order chi connectivity index (χ0) is 18.3. The van der Waals surface area contributed by atoms with Crippen LogP contribution in [0.4, 0.5) is 0 Å². The largest absolute Gasteiger partial charge is 0.348 e. The smallest absolute Gasteiger partial charge is 0.309 e. The van der Waals surface area contributed by atoms with Crippen LogP contribution in [0.3, 0.4) is 0 Å². The van der Waals surface area contributed by atoms with Gasteiger partial charge in [0.2, 0.25) is 10.0 Å². The van der Waals surface area contributed by atoms with Crippen molar-refractivity contribution in [2.75, 3.05) is 19.6 Å². The summed E-state index contributed by atoms with van der Waals surface area (Å²) in [5, 5.41) is 4.98. The standard InChI is InChI=1S/C17H25N3O4S/c1-2-18-16(21)17(22)19-12-11-14-8-6-7-13-20(14)25(23,24)15-9-4-3-5-10-15/h3-5,9-10,14H,2,6-8,11-13H2,1H3,(H,18,21)(H,19,22)/t14-/m1/s1. The number of piperidine rings is 1. The van der Waals surface area contributed by atoms with Crippen molar-refractivity contribution >= 4 is 21.8 Å². The molecule has 0 bridgehead atoms. The van der Waals surface area contributed by atoms with Gasteiger partial charge in [0, 0.05) is 25.7 Å². The average molecular weight is 367 g/mol. The molecule has 2 rings (SSSR count). The number of hydrogen-bond acceptors (Lipinski definition) is 4. The van der Waals surface area contributed by atoms with Gasteiger partial charge in [0.15, 0.2) is 0 Å². The van der Waals surface area contributed by atoms with Gasteiger partial charge in [-0.1, -0.05) is 24.6 Å². The van der Waals surface area contributed by atoms with Gasteiger partial charge in [-0.3, -0.25) is 9.59 Å². The molecule has 2 amide bonds. The highest BCUT2D eigenvalue weighted by atomic mass is 32.2. The Balaban J connectivity index is 1.99. The number of carbonyl (C=O) groups excluding carboxylic acids is 2. The fourth-order valence-electron chi connectivity index (χ4n) is 2.98. The maximum absolute atomic E-state index is 12.9. The van der Waals surface area contributed by atoms with E-state index in [9.17, 15) is 18.0 Å². The quantitative estimate of drug-likeness (QED) is 0.730. The number of nitrogens with zero attached hydrogens (tertiary/aromatic N) is 1. The van der Waals surface area contributed by atoms with Crippen LogP contribution in [0.25, 0.3) is 0 Å². The molecule has 0 spiro atoms. The normalized spacial score (nSPS) is 18.5. The van der Waals surface area contributed by atoms with E-state index in [1.807, 2.05) is 0 Å². The van der Waals surface area contributed by atoms with Gasteiger partial charge in [0.1, 0.15) is 0 Å². The predicted molar refractivity (Wildman–Crippen MR) is 94.3 cm³/mol. The topological polar surface area (TPSA) is 95.6 Å². The molecule has 0 saturated carbocycles. The lowest BCUT2D eigenvalue weighted by atomic mass is 10.0. The van der Waals surface area contributed by atoms with Gasteiger partial charge in [-0.05, 0) is 38.3 Å². The van der Waals surface area contributed by atoms with Gasteiger partial charge in [-0.25, -0.2) is 8.42 Å². The van der Waals surface area contributed by atoms with Gasteiger partial charge in [-0.2, -0.15) is 4.31 Å². The number of amides is 2. The second-order valence-corrected chi connectivity index (χ2v) is 7.87. The molecule has 1 atom stereocenters. The molecule has 0 aromatic heterocycles. The number of rotatable bonds is 6. The second kappa shape index (κ2) is 8.96. The zero-order valence-corrected chi connectivity index (χ0v) is 15.2. The van der Waals surface area contributed by atoms with Gasteiger partial charge < -0.3 is 10.6 Å². The Kier molecular flexibility index (Phi) is 6.95. The van der Waals surface area contributed by atoms with Crippen LogP contribution in [0.5, 0.6) is 0 Å². The molecular formula is C17H25N3O4S. The molecule has 1 saturated heterocycles. The molecule has 2 N–H and O–H groups in total. The van der Waals surface area contributed by atoms with Crippen molar-refractivity contribution in [2.24, 2.45) is 0 Å². The highest BCUT2D eigenvalue weighted by Crippen LogP contribution is 2.26. The van der Waals surface area contributed by atoms with Crippen LogP contribution in [-0.2, 0) is 19.6 Å². The van der Waals surface area contributed by atoms with Crippen molar-refractivity contribution in [1.82, 2.24) is 14.9 Å². The van der Waals surface area contributed by atoms with Crippen LogP contribution in [0.15, 0.2) is 35.2 Å². The summed E-state index contributed by atoms with van der Waals surface area (Å²) in [7, 11) is -3.55. The Morgan fingerprint density at radius 3 is 2.48 bits per heavy atom. The summed E-state index contributed by atoms with van der Waals surface area (Å²) in [5.41, 5.74) is 0. The van der Waals surface area contributed by atoms with E-state index in [-0.39, 0.29) is 17.5 Å². The maximum atomic E-state index is 12.9. The Morgan fingerprint density at radius 1 is 1.12 bits per heavy atom. The zero-order valence-electron chi connectivity index (χ0n) is 14.4. The fourth-order valence-corrected chi connectivity index (χ4v) is 4.72. The Hall–Kier alpha value is -1.93. The molecule has 7 nitrogen and oxygen atoms in total. The Morgan fingerprint density at radius 2 is 1.80 bits per heavy atom. The van der Waals surface area contributed by atoms with E-state index in [0.29, 0.717) is 19.5 Å². The van der Waals surface area contributed by atoms with Crippen LogP contribution < -0.4 is 10.6 Å². The molecule has 1 aromatic rings. The number of hydrogen-bond donors (Lipinski definition) is 2. The van der Waals surface area contributed by atoms with Crippen LogP contribution in [-0.4, -0.2) is 50.2 Å². The van der Waals surface area contributed by atoms with E-state index < -0.39 is 21.8 Å². The summed E-state index contributed by atoms with van der Waals surface area (Å²) in [6.45, 7) is 2.87. The second-order valence-electron chi connectivity index (χ2n) is 5.98. The van der Waals surface area contributed by atoms with Crippen molar-refractivity contribution < 1.29 is 18.0 Å². The Bertz CT molecular complexity index is 691. The lowest BCUT2D eigenvalue weighted by molar-refractivity contribution is -0.139. The minimum atomic E-state index is -3.55. The summed E-state index contributed by atoms with van der Waals surface area (Å²) in [6.07, 6.45) is 3.02. The summed E-state index contributed by atoms with van der Waals surface area (Å²) in [5.74, 6) is -1.35. The third kappa shape index (κ3) is 5.02. The van der Waals surface area contributed by atoms with Gasteiger partial charge in [0.05, 0.1) is 4.90 Å². The van der Waals surface area contributed by atoms with Crippen molar-refractivity contribution in [3.8, 4) is 0 Å². The fraction of sp³-hybridized carbons (Fsp3) is 0.529. The molecule has 1 aliphatic heterocycles. The number of carbonyl (C=O) groups is 2. The van der Waals surface area contributed by atoms with E-state index in [1.165, 1.54) is 4.31 Å². The van der Waals surface area contributed by atoms with Crippen LogP contribution in [0.1, 0.15) is 32.6 Å². The molecule has 1 aliphatic rings. The molecule has 0 radical (unpaired) electrons. The molecule has 1 fully saturated rings. The number of benzene rings is 1. The predicted octanol–water partition coefficient (Wildman–Crippen LogP) is 0.872. The van der Waals surface area contributed by atoms with Crippen molar-refractivity contribution in [2.45, 2.75) is 43.5 Å². The first-order valence-corrected chi connectivity index (χ1v) is 10.0. The summed E-state index contributed by atoms with van der Waals surface area (Å²) in [4.78, 5) is 23.3. The highest BCUT2D eigenvalue weighted by Gasteiger charge is 2.33. The van der Waals surface area contributed by atoms with Crippen LogP contribution in [0.2, 0.25) is 0 Å². The molecule has 0 unspecified atom stereocenters. The molecule has 8 heteroatoms. The lowest BCUT2D eigenvalue weighted by Crippen LogP contribution is -2.46. The first-order chi connectivity index (χ1) is 12.0. The molecule has 25 heavy (non-hydrogen) atoms. The lowest BCUT2D eigenvalue weighted by Gasteiger charge is -2.34. The summed E-state index contributed by atoms with van der Waals surface area (Å²) in [6, 6.07) is 8.21. The van der Waals surface area contributed by atoms with E-state index in [2.05, 4.69) is 10.6 Å². The summed E-state index contributed by atoms with van der Waals surface area (Å²) >= 11 is 0. The number of likely N-dealkylation sites (N-methyl/N-ethyl adjacent to an activating group) is 1. The van der Waals surface area contributed by atoms with Crippen molar-refractivity contribution in [1.29, 1.82) is 0 Å². The number of nitrogens with one attached hydrogen (secondary N) is 2. The maximum Gasteiger partial charge on any atom is 0.309 e. The van der Waals surface area contributed by atoms with Crippen molar-refractivity contribution in [3.05, 3.63) is 30.3 Å².